The molecule has 1 aromatic rings. The van der Waals surface area contributed by atoms with Crippen LogP contribution in [0.3, 0.4) is 0 Å². The lowest BCUT2D eigenvalue weighted by Crippen LogP contribution is -2.55. The van der Waals surface area contributed by atoms with E-state index in [4.69, 9.17) is 9.84 Å². The number of rotatable bonds is 10. The Hall–Kier alpha value is -1.65. The van der Waals surface area contributed by atoms with Gasteiger partial charge in [-0.1, -0.05) is 32.9 Å². The number of halogens is 1. The van der Waals surface area contributed by atoms with Crippen LogP contribution < -0.4 is 10.1 Å². The molecule has 2 rings (SSSR count). The zero-order valence-electron chi connectivity index (χ0n) is 18.4. The lowest BCUT2D eigenvalue weighted by Gasteiger charge is -2.40. The third kappa shape index (κ3) is 7.18. The van der Waals surface area contributed by atoms with Gasteiger partial charge < -0.3 is 25.2 Å². The van der Waals surface area contributed by atoms with Gasteiger partial charge in [0.25, 0.3) is 0 Å². The number of aliphatic hydroxyl groups is 2. The van der Waals surface area contributed by atoms with Gasteiger partial charge in [0.05, 0.1) is 16.2 Å². The van der Waals surface area contributed by atoms with Gasteiger partial charge in [0.2, 0.25) is 11.8 Å². The summed E-state index contributed by atoms with van der Waals surface area (Å²) in [6.45, 7) is 6.45. The fourth-order valence-electron chi connectivity index (χ4n) is 3.54. The van der Waals surface area contributed by atoms with Crippen LogP contribution >= 0.6 is 22.6 Å². The lowest BCUT2D eigenvalue weighted by atomic mass is 9.87. The Balaban J connectivity index is 2.36. The quantitative estimate of drug-likeness (QED) is 0.394. The van der Waals surface area contributed by atoms with Crippen molar-refractivity contribution in [1.82, 2.24) is 10.2 Å². The Morgan fingerprint density at radius 2 is 2.03 bits per heavy atom. The highest BCUT2D eigenvalue weighted by atomic mass is 127. The van der Waals surface area contributed by atoms with Gasteiger partial charge in [-0.3, -0.25) is 9.59 Å². The molecular formula is C23H33IN2O5. The molecule has 2 amide bonds. The summed E-state index contributed by atoms with van der Waals surface area (Å²) in [5, 5.41) is 22.9. The molecule has 3 N–H and O–H groups in total. The van der Waals surface area contributed by atoms with Crippen molar-refractivity contribution < 1.29 is 24.5 Å². The molecular weight excluding hydrogens is 511 g/mol. The predicted molar refractivity (Wildman–Crippen MR) is 128 cm³/mol. The molecule has 0 bridgehead atoms. The number of benzene rings is 1. The number of carbonyl (C=O) groups excluding carboxylic acids is 2. The molecule has 8 heteroatoms. The van der Waals surface area contributed by atoms with E-state index in [-0.39, 0.29) is 31.4 Å². The summed E-state index contributed by atoms with van der Waals surface area (Å²) < 4.78 is 6.99. The average molecular weight is 544 g/mol. The van der Waals surface area contributed by atoms with Gasteiger partial charge in [0.15, 0.2) is 0 Å². The second-order valence-electron chi connectivity index (χ2n) is 8.07. The van der Waals surface area contributed by atoms with E-state index >= 15 is 0 Å². The number of nitrogens with one attached hydrogen (secondary N) is 1. The van der Waals surface area contributed by atoms with Gasteiger partial charge in [0, 0.05) is 31.5 Å². The Bertz CT molecular complexity index is 783. The highest BCUT2D eigenvalue weighted by Gasteiger charge is 2.40. The Kier molecular flexibility index (Phi) is 10.2. The van der Waals surface area contributed by atoms with Crippen molar-refractivity contribution in [2.75, 3.05) is 19.7 Å². The van der Waals surface area contributed by atoms with E-state index in [1.807, 2.05) is 24.3 Å². The van der Waals surface area contributed by atoms with Crippen LogP contribution in [0, 0.1) is 9.49 Å². The van der Waals surface area contributed by atoms with Gasteiger partial charge in [0.1, 0.15) is 18.0 Å². The highest BCUT2D eigenvalue weighted by molar-refractivity contribution is 14.1. The topological polar surface area (TPSA) is 99.1 Å². The standard InChI is InChI=1S/C23H33IN2O5/c1-4-21(28)26(11-9-15(2)3)18-13-16(23(30)25-10-12-27)14-20(22(18)29)31-19-8-6-5-7-17(19)24/h5-8,14-15,18,20,22,27,29H,4,9-13H2,1-3H3,(H,25,30). The molecule has 172 valence electrons. The van der Waals surface area contributed by atoms with Crippen molar-refractivity contribution in [1.29, 1.82) is 0 Å². The summed E-state index contributed by atoms with van der Waals surface area (Å²) in [7, 11) is 0. The van der Waals surface area contributed by atoms with Crippen LogP contribution in [0.1, 0.15) is 40.0 Å². The third-order valence-corrected chi connectivity index (χ3v) is 6.18. The Labute approximate surface area is 198 Å². The van der Waals surface area contributed by atoms with Crippen molar-refractivity contribution in [3.05, 3.63) is 39.5 Å². The fourth-order valence-corrected chi connectivity index (χ4v) is 4.06. The SMILES string of the molecule is CCC(=O)N(CCC(C)C)C1CC(C(=O)NCCO)=CC(Oc2ccccc2I)C1O. The highest BCUT2D eigenvalue weighted by Crippen LogP contribution is 2.30. The molecule has 1 aromatic carbocycles. The van der Waals surface area contributed by atoms with Crippen LogP contribution in [0.5, 0.6) is 5.75 Å². The second kappa shape index (κ2) is 12.4. The molecule has 1 aliphatic rings. The first-order valence-corrected chi connectivity index (χ1v) is 11.8. The second-order valence-corrected chi connectivity index (χ2v) is 9.23. The van der Waals surface area contributed by atoms with Crippen LogP contribution in [0.25, 0.3) is 0 Å². The average Bonchev–Trinajstić information content (AvgIpc) is 2.75. The van der Waals surface area contributed by atoms with E-state index in [1.165, 1.54) is 0 Å². The zero-order valence-corrected chi connectivity index (χ0v) is 20.5. The van der Waals surface area contributed by atoms with Gasteiger partial charge in [-0.25, -0.2) is 0 Å². The van der Waals surface area contributed by atoms with Gasteiger partial charge >= 0.3 is 0 Å². The van der Waals surface area contributed by atoms with Gasteiger partial charge in [-0.2, -0.15) is 0 Å². The van der Waals surface area contributed by atoms with Crippen LogP contribution in [0.4, 0.5) is 0 Å². The van der Waals surface area contributed by atoms with E-state index < -0.39 is 18.2 Å². The molecule has 3 atom stereocenters. The monoisotopic (exact) mass is 544 g/mol. The number of carbonyl (C=O) groups is 2. The summed E-state index contributed by atoms with van der Waals surface area (Å²) in [5.41, 5.74) is 0.443. The molecule has 31 heavy (non-hydrogen) atoms. The first-order chi connectivity index (χ1) is 14.8. The lowest BCUT2D eigenvalue weighted by molar-refractivity contribution is -0.138. The van der Waals surface area contributed by atoms with Crippen LogP contribution in [0.2, 0.25) is 0 Å². The van der Waals surface area contributed by atoms with Crippen LogP contribution in [0.15, 0.2) is 35.9 Å². The van der Waals surface area contributed by atoms with Crippen LogP contribution in [-0.2, 0) is 9.59 Å². The van der Waals surface area contributed by atoms with E-state index in [9.17, 15) is 14.7 Å². The molecule has 7 nitrogen and oxygen atoms in total. The maximum atomic E-state index is 12.8. The largest absolute Gasteiger partial charge is 0.482 e. The number of aliphatic hydroxyl groups excluding tert-OH is 2. The first-order valence-electron chi connectivity index (χ1n) is 10.8. The first kappa shape index (κ1) is 25.6. The normalized spacial score (nSPS) is 20.9. The summed E-state index contributed by atoms with van der Waals surface area (Å²) in [6.07, 6.45) is 1.22. The number of nitrogens with zero attached hydrogens (tertiary/aromatic N) is 1. The summed E-state index contributed by atoms with van der Waals surface area (Å²) >= 11 is 2.16. The van der Waals surface area contributed by atoms with Crippen molar-refractivity contribution >= 4 is 34.4 Å². The van der Waals surface area contributed by atoms with E-state index in [0.717, 1.165) is 9.99 Å². The molecule has 1 aliphatic carbocycles. The molecule has 0 heterocycles. The third-order valence-electron chi connectivity index (χ3n) is 5.28. The van der Waals surface area contributed by atoms with Crippen molar-refractivity contribution in [2.45, 2.75) is 58.3 Å². The number of amides is 2. The Morgan fingerprint density at radius 1 is 1.32 bits per heavy atom. The molecule has 0 fully saturated rings. The molecule has 0 aromatic heterocycles. The number of ether oxygens (including phenoxy) is 1. The summed E-state index contributed by atoms with van der Waals surface area (Å²) in [4.78, 5) is 27.1. The summed E-state index contributed by atoms with van der Waals surface area (Å²) in [6, 6.07) is 6.88. The fraction of sp³-hybridized carbons (Fsp3) is 0.565. The minimum Gasteiger partial charge on any atom is -0.482 e. The van der Waals surface area contributed by atoms with Crippen molar-refractivity contribution in [2.24, 2.45) is 5.92 Å². The Morgan fingerprint density at radius 3 is 2.65 bits per heavy atom. The van der Waals surface area contributed by atoms with E-state index in [1.54, 1.807) is 17.9 Å². The molecule has 3 unspecified atom stereocenters. The van der Waals surface area contributed by atoms with Crippen LogP contribution in [-0.4, -0.2) is 64.9 Å². The minimum absolute atomic E-state index is 0.0604. The molecule has 0 saturated heterocycles. The molecule has 0 spiro atoms. The summed E-state index contributed by atoms with van der Waals surface area (Å²) in [5.74, 6) is 0.619. The predicted octanol–water partition coefficient (Wildman–Crippen LogP) is 2.49. The maximum Gasteiger partial charge on any atom is 0.247 e. The van der Waals surface area contributed by atoms with Crippen molar-refractivity contribution in [3.8, 4) is 5.75 Å². The molecule has 0 aliphatic heterocycles. The van der Waals surface area contributed by atoms with Crippen molar-refractivity contribution in [3.63, 3.8) is 0 Å². The smallest absolute Gasteiger partial charge is 0.247 e. The number of hydrogen-bond acceptors (Lipinski definition) is 5. The molecule has 0 saturated carbocycles. The number of hydrogen-bond donors (Lipinski definition) is 3. The zero-order chi connectivity index (χ0) is 23.0. The maximum absolute atomic E-state index is 12.8. The van der Waals surface area contributed by atoms with Gasteiger partial charge in [-0.15, -0.1) is 0 Å². The minimum atomic E-state index is -0.979. The van der Waals surface area contributed by atoms with E-state index in [2.05, 4.69) is 41.8 Å². The molecule has 0 radical (unpaired) electrons. The van der Waals surface area contributed by atoms with E-state index in [0.29, 0.717) is 30.2 Å². The number of para-hydroxylation sites is 1. The van der Waals surface area contributed by atoms with Gasteiger partial charge in [-0.05, 0) is 53.1 Å².